The predicted octanol–water partition coefficient (Wildman–Crippen LogP) is -18.1. The van der Waals surface area contributed by atoms with E-state index in [1.807, 2.05) is 0 Å². The van der Waals surface area contributed by atoms with Crippen molar-refractivity contribution in [3.8, 4) is 0 Å². The van der Waals surface area contributed by atoms with Gasteiger partial charge in [-0.25, -0.2) is 0 Å². The van der Waals surface area contributed by atoms with Crippen molar-refractivity contribution in [1.82, 2.24) is 16.0 Å². The van der Waals surface area contributed by atoms with Gasteiger partial charge in [-0.15, -0.1) is 0 Å². The summed E-state index contributed by atoms with van der Waals surface area (Å²) >= 11 is 0. The van der Waals surface area contributed by atoms with Crippen LogP contribution in [0.5, 0.6) is 0 Å². The third kappa shape index (κ3) is 19.3. The number of hydrogen-bond donors (Lipinski definition) is 27. The number of carbonyl (C=O) groups excluding carboxylic acids is 3. The van der Waals surface area contributed by atoms with E-state index in [-0.39, 0.29) is 0 Å². The van der Waals surface area contributed by atoms with Gasteiger partial charge in [0.2, 0.25) is 17.7 Å². The number of nitrogens with one attached hydrogen (secondary N) is 3. The molecular weight excluding hydrogens is 1470 g/mol. The number of hydrogen-bond acceptors (Lipinski definition) is 44. The van der Waals surface area contributed by atoms with Gasteiger partial charge in [-0.2, -0.15) is 0 Å². The van der Waals surface area contributed by atoms with Crippen LogP contribution in [0.15, 0.2) is 0 Å². The minimum absolute atomic E-state index is 0.815. The summed E-state index contributed by atoms with van der Waals surface area (Å²) in [6.07, 6.45) is -84.5. The lowest BCUT2D eigenvalue weighted by atomic mass is 9.93. The maximum Gasteiger partial charge on any atom is 0.217 e. The van der Waals surface area contributed by atoms with Gasteiger partial charge in [0.1, 0.15) is 207 Å². The Kier molecular flexibility index (Phi) is 31.0. The smallest absolute Gasteiger partial charge is 0.217 e. The molecule has 45 atom stereocenters. The first-order valence-corrected chi connectivity index (χ1v) is 34.3. The van der Waals surface area contributed by atoms with Crippen molar-refractivity contribution < 1.29 is 217 Å². The molecule has 0 spiro atoms. The Morgan fingerprint density at radius 3 is 1.11 bits per heavy atom. The highest BCUT2D eigenvalue weighted by molar-refractivity contribution is 5.74. The third-order valence-electron chi connectivity index (χ3n) is 19.9. The van der Waals surface area contributed by atoms with Gasteiger partial charge in [0.15, 0.2) is 56.6 Å². The summed E-state index contributed by atoms with van der Waals surface area (Å²) in [6.45, 7) is -1.94. The summed E-state index contributed by atoms with van der Waals surface area (Å²) in [6, 6.07) is -5.67. The molecule has 620 valence electrons. The van der Waals surface area contributed by atoms with Gasteiger partial charge in [0.25, 0.3) is 0 Å². The molecule has 3 amide bonds. The summed E-state index contributed by atoms with van der Waals surface area (Å²) < 4.78 is 101. The van der Waals surface area contributed by atoms with Crippen LogP contribution in [0.1, 0.15) is 34.6 Å². The Labute approximate surface area is 606 Å². The largest absolute Gasteiger partial charge is 0.394 e. The topological polar surface area (TPSA) is 730 Å². The quantitative estimate of drug-likeness (QED) is 0.0382. The van der Waals surface area contributed by atoms with Gasteiger partial charge in [-0.05, 0) is 13.8 Å². The molecular formula is C60H101N3O44. The van der Waals surface area contributed by atoms with E-state index in [4.69, 9.17) is 80.5 Å². The first-order valence-electron chi connectivity index (χ1n) is 34.3. The summed E-state index contributed by atoms with van der Waals surface area (Å²) in [7, 11) is 0. The van der Waals surface area contributed by atoms with Crippen molar-refractivity contribution in [1.29, 1.82) is 0 Å². The molecule has 0 aliphatic carbocycles. The van der Waals surface area contributed by atoms with Crippen LogP contribution >= 0.6 is 0 Å². The van der Waals surface area contributed by atoms with Gasteiger partial charge < -0.3 is 219 Å². The first-order chi connectivity index (χ1) is 50.5. The Balaban J connectivity index is 1.05. The van der Waals surface area contributed by atoms with Crippen molar-refractivity contribution in [2.75, 3.05) is 46.2 Å². The Hall–Kier alpha value is -3.23. The monoisotopic (exact) mass is 1570 g/mol. The van der Waals surface area contributed by atoms with E-state index in [0.717, 1.165) is 20.8 Å². The fourth-order valence-electron chi connectivity index (χ4n) is 13.8. The molecule has 9 aliphatic heterocycles. The zero-order valence-electron chi connectivity index (χ0n) is 57.8. The minimum atomic E-state index is -2.53. The van der Waals surface area contributed by atoms with Crippen LogP contribution in [0, 0.1) is 0 Å². The van der Waals surface area contributed by atoms with E-state index in [1.54, 1.807) is 0 Å². The van der Waals surface area contributed by atoms with Gasteiger partial charge in [-0.1, -0.05) is 0 Å². The average molecular weight is 1570 g/mol. The van der Waals surface area contributed by atoms with Crippen molar-refractivity contribution in [2.45, 2.75) is 311 Å². The van der Waals surface area contributed by atoms with Gasteiger partial charge in [-0.3, -0.25) is 14.4 Å². The number of ether oxygens (including phenoxy) is 17. The summed E-state index contributed by atoms with van der Waals surface area (Å²) in [5.74, 6) is -2.75. The molecule has 0 bridgehead atoms. The van der Waals surface area contributed by atoms with Gasteiger partial charge >= 0.3 is 0 Å². The first kappa shape index (κ1) is 87.7. The summed E-state index contributed by atoms with van der Waals surface area (Å²) in [4.78, 5) is 38.8. The van der Waals surface area contributed by atoms with Crippen LogP contribution in [-0.2, 0) is 94.9 Å². The van der Waals surface area contributed by atoms with Crippen molar-refractivity contribution >= 4 is 17.7 Å². The fourth-order valence-corrected chi connectivity index (χ4v) is 13.8. The fraction of sp³-hybridized carbons (Fsp3) is 0.950. The molecule has 0 saturated carbocycles. The van der Waals surface area contributed by atoms with Crippen molar-refractivity contribution in [3.63, 3.8) is 0 Å². The molecule has 0 aromatic carbocycles. The maximum atomic E-state index is 13.4. The second-order valence-electron chi connectivity index (χ2n) is 27.4. The third-order valence-corrected chi connectivity index (χ3v) is 19.9. The Morgan fingerprint density at radius 1 is 0.262 bits per heavy atom. The SMILES string of the molecule is CC(=O)N[C@H]1[C@H](O[C@H]2[C@H](O)[C@@H](NC(C)=O)C(O)O[C@@H]2CO[C@@H]2O[C@@H](C)[C@@H](O)[C@@H](O)[C@@H]2O)O[C@H](CO)[C@@H](O[C@@H]2O[C@H](CO[C@H]3O[C@H](CO)[C@@H](O)[C@H](O)[C@@H]3O)[C@@H](O)[C@H](O[C@H]3O[C@H](CO)[C@@H](O)[C@H](O)[C@@H]3O[C@@H]3O[C@H](CO)[C@@H](O[C@@H]4O[C@H](CO)[C@H](O)[C@H](O)[C@H]4O)[C@H](O[C@@H]4O[C@@H](C)[C@@H](O)[C@@H](O)[C@@H]4O)[C@H]3NC(C)=O)[C@@H]2O)[C@@H]1O. The van der Waals surface area contributed by atoms with E-state index >= 15 is 0 Å². The van der Waals surface area contributed by atoms with E-state index < -0.39 is 340 Å². The molecule has 0 aromatic rings. The van der Waals surface area contributed by atoms with Crippen molar-refractivity contribution in [2.24, 2.45) is 0 Å². The van der Waals surface area contributed by atoms with E-state index in [0.29, 0.717) is 0 Å². The lowest BCUT2D eigenvalue weighted by Gasteiger charge is -2.52. The highest BCUT2D eigenvalue weighted by Gasteiger charge is 2.61. The Bertz CT molecular complexity index is 2800. The Morgan fingerprint density at radius 2 is 0.589 bits per heavy atom. The predicted molar refractivity (Wildman–Crippen MR) is 329 cm³/mol. The molecule has 9 rings (SSSR count). The number of rotatable bonds is 26. The summed E-state index contributed by atoms with van der Waals surface area (Å²) in [5.41, 5.74) is 0. The molecule has 9 fully saturated rings. The molecule has 0 aromatic heterocycles. The van der Waals surface area contributed by atoms with Gasteiger partial charge in [0, 0.05) is 20.8 Å². The number of carbonyl (C=O) groups is 3. The lowest BCUT2D eigenvalue weighted by molar-refractivity contribution is -0.402. The maximum absolute atomic E-state index is 13.4. The number of aliphatic hydroxyl groups is 24. The summed E-state index contributed by atoms with van der Waals surface area (Å²) in [5, 5.41) is 273. The van der Waals surface area contributed by atoms with Crippen LogP contribution in [0.25, 0.3) is 0 Å². The van der Waals surface area contributed by atoms with Crippen LogP contribution < -0.4 is 16.0 Å². The normalized spacial score (nSPS) is 50.7. The second-order valence-corrected chi connectivity index (χ2v) is 27.4. The average Bonchev–Trinajstić information content (AvgIpc) is 0.727. The molecule has 27 N–H and O–H groups in total. The van der Waals surface area contributed by atoms with Crippen LogP contribution in [0.3, 0.4) is 0 Å². The van der Waals surface area contributed by atoms with Crippen LogP contribution in [0.4, 0.5) is 0 Å². The molecule has 9 heterocycles. The van der Waals surface area contributed by atoms with Crippen LogP contribution in [0.2, 0.25) is 0 Å². The van der Waals surface area contributed by atoms with Gasteiger partial charge in [0.05, 0.1) is 58.5 Å². The van der Waals surface area contributed by atoms with E-state index in [9.17, 15) is 137 Å². The second kappa shape index (κ2) is 37.8. The highest BCUT2D eigenvalue weighted by Crippen LogP contribution is 2.40. The number of amides is 3. The number of aliphatic hydroxyl groups excluding tert-OH is 24. The molecule has 47 heteroatoms. The van der Waals surface area contributed by atoms with E-state index in [1.165, 1.54) is 13.8 Å². The molecule has 9 aliphatic rings. The molecule has 47 nitrogen and oxygen atoms in total. The standard InChI is InChI=1S/C60H101N3O44/c1-13-28(72)36(80)41(85)55(93-13)92-12-24-47(34(78)25(52(90)95-24)61-15(3)69)102-53-26(62-16(4)70)35(79)46(21(9-67)99-53)103-59-45(89)50(33(77)23(101-59)11-91-56-42(86)38(82)30(74)18(6-64)96-56)106-60-51(40(84)32(76)20(8-66)98-60)107-54-27(63-17(5)71)49(105-57-43(87)37(81)29(73)14(2)94-57)48(22(10-68)100-54)104-58-44(88)39(83)31(75)19(7-65)97-58/h13-14,18-60,64-68,72-90H,6-12H2,1-5H3,(H,61,69)(H,62,70)(H,63,71)/t13-,14-,18+,19+,20+,21+,22+,23+,24+,25+,26+,27+,28+,29+,30+,31-,32+,33+,34+,35+,36+,37+,38-,39-,40-,41-,42-,43-,44+,45-,46+,47+,48+,49+,50-,51-,52?,53-,54-,55+,56-,57-,58-,59-,60+/m0/s1. The zero-order chi connectivity index (χ0) is 78.8. The van der Waals surface area contributed by atoms with E-state index in [2.05, 4.69) is 16.0 Å². The molecule has 1 unspecified atom stereocenters. The van der Waals surface area contributed by atoms with Crippen LogP contribution in [-0.4, -0.2) is 463 Å². The minimum Gasteiger partial charge on any atom is -0.394 e. The zero-order valence-corrected chi connectivity index (χ0v) is 57.8. The molecule has 0 radical (unpaired) electrons. The molecule has 9 saturated heterocycles. The lowest BCUT2D eigenvalue weighted by Crippen LogP contribution is -2.71. The highest BCUT2D eigenvalue weighted by atomic mass is 16.8. The molecule has 107 heavy (non-hydrogen) atoms. The van der Waals surface area contributed by atoms with Crippen molar-refractivity contribution in [3.05, 3.63) is 0 Å².